The number of rotatable bonds is 0. The molecular formula is C16H12O2. The number of fused-ring (bicyclic) bond motifs is 2. The van der Waals surface area contributed by atoms with E-state index in [0.717, 1.165) is 5.57 Å². The van der Waals surface area contributed by atoms with Crippen molar-refractivity contribution in [2.45, 2.75) is 12.2 Å². The molecule has 0 amide bonds. The van der Waals surface area contributed by atoms with E-state index < -0.39 is 0 Å². The summed E-state index contributed by atoms with van der Waals surface area (Å²) in [5.41, 5.74) is 3.36. The molecule has 4 aliphatic rings. The van der Waals surface area contributed by atoms with Crippen LogP contribution in [0.1, 0.15) is 0 Å². The fraction of sp³-hybridized carbons (Fsp3) is 0.125. The SMILES string of the molecule is C1=CC2=CC3=C(OC2C=C1)OC1C=CC=CC1=C3. The van der Waals surface area contributed by atoms with Gasteiger partial charge < -0.3 is 9.47 Å². The molecule has 0 saturated carbocycles. The lowest BCUT2D eigenvalue weighted by molar-refractivity contribution is 0.00218. The van der Waals surface area contributed by atoms with E-state index in [-0.39, 0.29) is 12.2 Å². The van der Waals surface area contributed by atoms with E-state index in [4.69, 9.17) is 9.47 Å². The van der Waals surface area contributed by atoms with Crippen LogP contribution in [0.25, 0.3) is 0 Å². The third-order valence-corrected chi connectivity index (χ3v) is 3.38. The molecular weight excluding hydrogens is 224 g/mol. The minimum atomic E-state index is -0.00758. The highest BCUT2D eigenvalue weighted by Crippen LogP contribution is 2.34. The second-order valence-electron chi connectivity index (χ2n) is 4.60. The van der Waals surface area contributed by atoms with Crippen molar-refractivity contribution in [3.8, 4) is 0 Å². The fourth-order valence-electron chi connectivity index (χ4n) is 2.46. The Hall–Kier alpha value is -2.22. The summed E-state index contributed by atoms with van der Waals surface area (Å²) < 4.78 is 11.8. The molecule has 2 aliphatic heterocycles. The second kappa shape index (κ2) is 3.64. The molecule has 0 spiro atoms. The van der Waals surface area contributed by atoms with Crippen LogP contribution in [0.3, 0.4) is 0 Å². The maximum Gasteiger partial charge on any atom is 0.288 e. The van der Waals surface area contributed by atoms with Crippen molar-refractivity contribution in [1.29, 1.82) is 0 Å². The van der Waals surface area contributed by atoms with E-state index in [2.05, 4.69) is 24.3 Å². The van der Waals surface area contributed by atoms with Crippen LogP contribution in [0.15, 0.2) is 83.4 Å². The summed E-state index contributed by atoms with van der Waals surface area (Å²) in [4.78, 5) is 0. The van der Waals surface area contributed by atoms with E-state index in [1.807, 2.05) is 36.5 Å². The van der Waals surface area contributed by atoms with Gasteiger partial charge in [0.1, 0.15) is 12.2 Å². The van der Waals surface area contributed by atoms with Crippen LogP contribution < -0.4 is 0 Å². The molecule has 2 heterocycles. The molecule has 0 aromatic carbocycles. The number of ether oxygens (including phenoxy) is 2. The van der Waals surface area contributed by atoms with Gasteiger partial charge in [-0.05, 0) is 35.5 Å². The van der Waals surface area contributed by atoms with Crippen molar-refractivity contribution in [2.24, 2.45) is 0 Å². The molecule has 88 valence electrons. The summed E-state index contributed by atoms with van der Waals surface area (Å²) in [5, 5.41) is 0. The predicted octanol–water partition coefficient (Wildman–Crippen LogP) is 3.10. The molecule has 4 rings (SSSR count). The molecule has 18 heavy (non-hydrogen) atoms. The lowest BCUT2D eigenvalue weighted by Crippen LogP contribution is -2.26. The quantitative estimate of drug-likeness (QED) is 0.643. The van der Waals surface area contributed by atoms with Crippen LogP contribution >= 0.6 is 0 Å². The Balaban J connectivity index is 1.76. The molecule has 2 nitrogen and oxygen atoms in total. The topological polar surface area (TPSA) is 18.5 Å². The summed E-state index contributed by atoms with van der Waals surface area (Å²) in [6.45, 7) is 0. The van der Waals surface area contributed by atoms with Crippen molar-refractivity contribution >= 4 is 0 Å². The third kappa shape index (κ3) is 1.42. The van der Waals surface area contributed by atoms with E-state index in [9.17, 15) is 0 Å². The van der Waals surface area contributed by atoms with Crippen LogP contribution in [0.4, 0.5) is 0 Å². The third-order valence-electron chi connectivity index (χ3n) is 3.38. The van der Waals surface area contributed by atoms with E-state index >= 15 is 0 Å². The van der Waals surface area contributed by atoms with Gasteiger partial charge in [-0.2, -0.15) is 0 Å². The highest BCUT2D eigenvalue weighted by molar-refractivity contribution is 5.52. The monoisotopic (exact) mass is 236 g/mol. The predicted molar refractivity (Wildman–Crippen MR) is 69.5 cm³/mol. The Morgan fingerprint density at radius 2 is 1.28 bits per heavy atom. The van der Waals surface area contributed by atoms with Gasteiger partial charge in [0.15, 0.2) is 0 Å². The molecule has 0 radical (unpaired) electrons. The maximum atomic E-state index is 5.89. The van der Waals surface area contributed by atoms with Gasteiger partial charge in [0.05, 0.1) is 5.57 Å². The van der Waals surface area contributed by atoms with Crippen LogP contribution in [0.2, 0.25) is 0 Å². The molecule has 2 heteroatoms. The Morgan fingerprint density at radius 3 is 1.83 bits per heavy atom. The normalized spacial score (nSPS) is 30.7. The Labute approximate surface area is 106 Å². The van der Waals surface area contributed by atoms with Crippen molar-refractivity contribution in [1.82, 2.24) is 0 Å². The molecule has 2 atom stereocenters. The summed E-state index contributed by atoms with van der Waals surface area (Å²) >= 11 is 0. The first kappa shape index (κ1) is 9.77. The first-order valence-corrected chi connectivity index (χ1v) is 6.11. The van der Waals surface area contributed by atoms with Gasteiger partial charge in [0, 0.05) is 0 Å². The number of hydrogen-bond donors (Lipinski definition) is 0. The summed E-state index contributed by atoms with van der Waals surface area (Å²) in [6, 6.07) is 0. The second-order valence-corrected chi connectivity index (χ2v) is 4.60. The largest absolute Gasteiger partial charge is 0.452 e. The molecule has 0 aromatic rings. The highest BCUT2D eigenvalue weighted by atomic mass is 16.7. The minimum absolute atomic E-state index is 0.00758. The van der Waals surface area contributed by atoms with Crippen molar-refractivity contribution in [3.63, 3.8) is 0 Å². The van der Waals surface area contributed by atoms with Crippen LogP contribution in [0.5, 0.6) is 0 Å². The zero-order valence-electron chi connectivity index (χ0n) is 9.74. The molecule has 2 unspecified atom stereocenters. The average Bonchev–Trinajstić information content (AvgIpc) is 2.42. The van der Waals surface area contributed by atoms with E-state index in [0.29, 0.717) is 5.95 Å². The van der Waals surface area contributed by atoms with Gasteiger partial charge in [-0.15, -0.1) is 0 Å². The summed E-state index contributed by atoms with van der Waals surface area (Å²) in [6.07, 6.45) is 20.5. The Bertz CT molecular complexity index is 557. The number of hydrogen-bond acceptors (Lipinski definition) is 2. The Kier molecular flexibility index (Phi) is 1.97. The minimum Gasteiger partial charge on any atom is -0.452 e. The molecule has 0 aromatic heterocycles. The summed E-state index contributed by atoms with van der Waals surface area (Å²) in [5.74, 6) is 0.636. The van der Waals surface area contributed by atoms with E-state index in [1.54, 1.807) is 0 Å². The van der Waals surface area contributed by atoms with Crippen molar-refractivity contribution in [3.05, 3.63) is 83.4 Å². The first-order chi connectivity index (χ1) is 8.90. The summed E-state index contributed by atoms with van der Waals surface area (Å²) in [7, 11) is 0. The molecule has 0 saturated heterocycles. The van der Waals surface area contributed by atoms with Gasteiger partial charge in [-0.25, -0.2) is 0 Å². The lowest BCUT2D eigenvalue weighted by Gasteiger charge is -2.32. The first-order valence-electron chi connectivity index (χ1n) is 6.11. The zero-order chi connectivity index (χ0) is 11.9. The van der Waals surface area contributed by atoms with Crippen LogP contribution in [-0.4, -0.2) is 12.2 Å². The van der Waals surface area contributed by atoms with Gasteiger partial charge in [0.25, 0.3) is 5.95 Å². The van der Waals surface area contributed by atoms with Crippen molar-refractivity contribution in [2.75, 3.05) is 0 Å². The molecule has 0 bridgehead atoms. The van der Waals surface area contributed by atoms with Gasteiger partial charge in [-0.3, -0.25) is 0 Å². The molecule has 0 fully saturated rings. The van der Waals surface area contributed by atoms with Gasteiger partial charge in [0.2, 0.25) is 0 Å². The van der Waals surface area contributed by atoms with Gasteiger partial charge in [-0.1, -0.05) is 36.5 Å². The smallest absolute Gasteiger partial charge is 0.288 e. The maximum absolute atomic E-state index is 5.89. The zero-order valence-corrected chi connectivity index (χ0v) is 9.74. The number of allylic oxidation sites excluding steroid dienone is 7. The molecule has 2 aliphatic carbocycles. The van der Waals surface area contributed by atoms with E-state index in [1.165, 1.54) is 11.1 Å². The van der Waals surface area contributed by atoms with Crippen LogP contribution in [-0.2, 0) is 9.47 Å². The van der Waals surface area contributed by atoms with Crippen molar-refractivity contribution < 1.29 is 9.47 Å². The standard InChI is InChI=1S/C16H12O2/c1-3-7-14-11(5-1)9-13-10-12-6-2-4-8-15(12)18-16(13)17-14/h1-10,14-15H. The highest BCUT2D eigenvalue weighted by Gasteiger charge is 2.29. The molecule has 0 N–H and O–H groups in total. The fourth-order valence-corrected chi connectivity index (χ4v) is 2.46. The van der Waals surface area contributed by atoms with Gasteiger partial charge >= 0.3 is 0 Å². The lowest BCUT2D eigenvalue weighted by atomic mass is 9.95. The Morgan fingerprint density at radius 1 is 0.722 bits per heavy atom. The average molecular weight is 236 g/mol. The van der Waals surface area contributed by atoms with Crippen LogP contribution in [0, 0.1) is 0 Å².